The SMILES string of the molecule is CCOC(=O)N1CCN(C(=O)c2cc(S)ccc2F)CC1. The van der Waals surface area contributed by atoms with Gasteiger partial charge in [-0.25, -0.2) is 9.18 Å². The molecular weight excluding hydrogens is 295 g/mol. The molecule has 1 saturated heterocycles. The lowest BCUT2D eigenvalue weighted by Gasteiger charge is -2.34. The zero-order chi connectivity index (χ0) is 15.4. The normalized spacial score (nSPS) is 15.0. The number of piperazine rings is 1. The van der Waals surface area contributed by atoms with E-state index in [2.05, 4.69) is 12.6 Å². The van der Waals surface area contributed by atoms with Crippen molar-refractivity contribution >= 4 is 24.6 Å². The summed E-state index contributed by atoms with van der Waals surface area (Å²) in [5.41, 5.74) is 0.00656. The quantitative estimate of drug-likeness (QED) is 0.850. The lowest BCUT2D eigenvalue weighted by Crippen LogP contribution is -2.50. The zero-order valence-corrected chi connectivity index (χ0v) is 12.6. The molecule has 0 saturated carbocycles. The van der Waals surface area contributed by atoms with Crippen LogP contribution in [0.4, 0.5) is 9.18 Å². The van der Waals surface area contributed by atoms with Gasteiger partial charge in [-0.15, -0.1) is 12.6 Å². The minimum Gasteiger partial charge on any atom is -0.450 e. The van der Waals surface area contributed by atoms with Gasteiger partial charge in [0, 0.05) is 31.1 Å². The van der Waals surface area contributed by atoms with E-state index in [0.29, 0.717) is 37.7 Å². The van der Waals surface area contributed by atoms with Gasteiger partial charge in [-0.2, -0.15) is 0 Å². The van der Waals surface area contributed by atoms with Crippen molar-refractivity contribution in [1.29, 1.82) is 0 Å². The van der Waals surface area contributed by atoms with Crippen molar-refractivity contribution in [3.05, 3.63) is 29.6 Å². The summed E-state index contributed by atoms with van der Waals surface area (Å²) in [4.78, 5) is 27.5. The van der Waals surface area contributed by atoms with Crippen molar-refractivity contribution in [3.63, 3.8) is 0 Å². The number of thiol groups is 1. The molecule has 0 spiro atoms. The maximum absolute atomic E-state index is 13.7. The molecule has 0 aliphatic carbocycles. The monoisotopic (exact) mass is 312 g/mol. The minimum atomic E-state index is -0.564. The van der Waals surface area contributed by atoms with Gasteiger partial charge in [-0.3, -0.25) is 4.79 Å². The number of rotatable bonds is 2. The lowest BCUT2D eigenvalue weighted by atomic mass is 10.1. The number of nitrogens with zero attached hydrogens (tertiary/aromatic N) is 2. The second-order valence-electron chi connectivity index (χ2n) is 4.64. The zero-order valence-electron chi connectivity index (χ0n) is 11.7. The molecule has 0 atom stereocenters. The first-order valence-electron chi connectivity index (χ1n) is 6.72. The van der Waals surface area contributed by atoms with Gasteiger partial charge in [-0.05, 0) is 25.1 Å². The predicted octanol–water partition coefficient (Wildman–Crippen LogP) is 2.03. The average Bonchev–Trinajstić information content (AvgIpc) is 2.49. The highest BCUT2D eigenvalue weighted by Gasteiger charge is 2.26. The van der Waals surface area contributed by atoms with E-state index in [0.717, 1.165) is 0 Å². The second-order valence-corrected chi connectivity index (χ2v) is 5.16. The van der Waals surface area contributed by atoms with Crippen LogP contribution in [0.25, 0.3) is 0 Å². The number of benzene rings is 1. The fourth-order valence-electron chi connectivity index (χ4n) is 2.15. The topological polar surface area (TPSA) is 49.9 Å². The summed E-state index contributed by atoms with van der Waals surface area (Å²) in [5, 5.41) is 0. The molecule has 7 heteroatoms. The van der Waals surface area contributed by atoms with E-state index in [1.807, 2.05) is 0 Å². The van der Waals surface area contributed by atoms with Crippen LogP contribution in [0, 0.1) is 5.82 Å². The third-order valence-electron chi connectivity index (χ3n) is 3.27. The van der Waals surface area contributed by atoms with Gasteiger partial charge < -0.3 is 14.5 Å². The van der Waals surface area contributed by atoms with Gasteiger partial charge in [0.2, 0.25) is 0 Å². The Morgan fingerprint density at radius 2 is 1.86 bits per heavy atom. The van der Waals surface area contributed by atoms with Crippen LogP contribution in [0.2, 0.25) is 0 Å². The molecule has 2 rings (SSSR count). The highest BCUT2D eigenvalue weighted by Crippen LogP contribution is 2.17. The molecule has 1 aromatic rings. The summed E-state index contributed by atoms with van der Waals surface area (Å²) in [6, 6.07) is 4.14. The molecule has 1 aliphatic heterocycles. The first kappa shape index (κ1) is 15.6. The van der Waals surface area contributed by atoms with E-state index in [1.54, 1.807) is 11.8 Å². The largest absolute Gasteiger partial charge is 0.450 e. The number of amides is 2. The highest BCUT2D eigenvalue weighted by molar-refractivity contribution is 7.80. The first-order chi connectivity index (χ1) is 10.0. The van der Waals surface area contributed by atoms with Crippen molar-refractivity contribution < 1.29 is 18.7 Å². The Bertz CT molecular complexity index is 545. The molecule has 0 unspecified atom stereocenters. The summed E-state index contributed by atoms with van der Waals surface area (Å²) in [6.45, 7) is 3.53. The number of carbonyl (C=O) groups is 2. The van der Waals surface area contributed by atoms with Crippen molar-refractivity contribution in [2.24, 2.45) is 0 Å². The van der Waals surface area contributed by atoms with Crippen molar-refractivity contribution in [2.45, 2.75) is 11.8 Å². The Morgan fingerprint density at radius 3 is 2.48 bits per heavy atom. The molecule has 0 aromatic heterocycles. The van der Waals surface area contributed by atoms with Crippen LogP contribution in [0.5, 0.6) is 0 Å². The maximum atomic E-state index is 13.7. The first-order valence-corrected chi connectivity index (χ1v) is 7.17. The molecule has 1 aliphatic rings. The summed E-state index contributed by atoms with van der Waals surface area (Å²) in [7, 11) is 0. The molecule has 21 heavy (non-hydrogen) atoms. The van der Waals surface area contributed by atoms with Crippen LogP contribution in [-0.4, -0.2) is 54.6 Å². The number of halogens is 1. The number of hydrogen-bond acceptors (Lipinski definition) is 4. The van der Waals surface area contributed by atoms with Crippen LogP contribution in [0.1, 0.15) is 17.3 Å². The van der Waals surface area contributed by atoms with E-state index in [9.17, 15) is 14.0 Å². The number of ether oxygens (including phenoxy) is 1. The summed E-state index contributed by atoms with van der Waals surface area (Å²) in [5.74, 6) is -0.947. The smallest absolute Gasteiger partial charge is 0.409 e. The molecule has 0 N–H and O–H groups in total. The van der Waals surface area contributed by atoms with E-state index in [-0.39, 0.29) is 17.6 Å². The summed E-state index contributed by atoms with van der Waals surface area (Å²) < 4.78 is 18.6. The molecule has 114 valence electrons. The third-order valence-corrected chi connectivity index (χ3v) is 3.55. The van der Waals surface area contributed by atoms with Gasteiger partial charge in [-0.1, -0.05) is 0 Å². The fraction of sp³-hybridized carbons (Fsp3) is 0.429. The van der Waals surface area contributed by atoms with Crippen LogP contribution in [0.15, 0.2) is 23.1 Å². The Labute approximate surface area is 128 Å². The maximum Gasteiger partial charge on any atom is 0.409 e. The predicted molar refractivity (Wildman–Crippen MR) is 78.2 cm³/mol. The molecule has 5 nitrogen and oxygen atoms in total. The van der Waals surface area contributed by atoms with Crippen LogP contribution in [0.3, 0.4) is 0 Å². The van der Waals surface area contributed by atoms with E-state index in [4.69, 9.17) is 4.74 Å². The van der Waals surface area contributed by atoms with Crippen molar-refractivity contribution in [1.82, 2.24) is 9.80 Å². The molecule has 1 aromatic carbocycles. The van der Waals surface area contributed by atoms with E-state index >= 15 is 0 Å². The van der Waals surface area contributed by atoms with Crippen LogP contribution >= 0.6 is 12.6 Å². The fourth-order valence-corrected chi connectivity index (χ4v) is 2.36. The van der Waals surface area contributed by atoms with Gasteiger partial charge in [0.25, 0.3) is 5.91 Å². The Kier molecular flexibility index (Phi) is 5.06. The third kappa shape index (κ3) is 3.66. The molecule has 1 heterocycles. The standard InChI is InChI=1S/C14H17FN2O3S/c1-2-20-14(19)17-7-5-16(6-8-17)13(18)11-9-10(21)3-4-12(11)15/h3-4,9,21H,2,5-8H2,1H3. The molecule has 0 bridgehead atoms. The summed E-state index contributed by atoms with van der Waals surface area (Å²) >= 11 is 4.12. The van der Waals surface area contributed by atoms with Crippen molar-refractivity contribution in [2.75, 3.05) is 32.8 Å². The Morgan fingerprint density at radius 1 is 1.24 bits per heavy atom. The van der Waals surface area contributed by atoms with E-state index < -0.39 is 5.82 Å². The second kappa shape index (κ2) is 6.80. The molecule has 0 radical (unpaired) electrons. The molecule has 1 fully saturated rings. The molecule has 2 amide bonds. The van der Waals surface area contributed by atoms with Crippen molar-refractivity contribution in [3.8, 4) is 0 Å². The van der Waals surface area contributed by atoms with Crippen LogP contribution in [-0.2, 0) is 4.74 Å². The minimum absolute atomic E-state index is 0.00656. The summed E-state index contributed by atoms with van der Waals surface area (Å²) in [6.07, 6.45) is -0.381. The Hall–Kier alpha value is -1.76. The Balaban J connectivity index is 2.00. The highest BCUT2D eigenvalue weighted by atomic mass is 32.1. The van der Waals surface area contributed by atoms with Gasteiger partial charge in [0.05, 0.1) is 12.2 Å². The average molecular weight is 312 g/mol. The van der Waals surface area contributed by atoms with E-state index in [1.165, 1.54) is 23.1 Å². The number of hydrogen-bond donors (Lipinski definition) is 1. The lowest BCUT2D eigenvalue weighted by molar-refractivity contribution is 0.0566. The van der Waals surface area contributed by atoms with Gasteiger partial charge in [0.1, 0.15) is 5.82 Å². The number of carbonyl (C=O) groups excluding carboxylic acids is 2. The van der Waals surface area contributed by atoms with Gasteiger partial charge >= 0.3 is 6.09 Å². The van der Waals surface area contributed by atoms with Gasteiger partial charge in [0.15, 0.2) is 0 Å². The van der Waals surface area contributed by atoms with Crippen LogP contribution < -0.4 is 0 Å². The molecular formula is C14H17FN2O3S.